The van der Waals surface area contributed by atoms with E-state index in [1.165, 1.54) is 19.3 Å². The van der Waals surface area contributed by atoms with Gasteiger partial charge >= 0.3 is 0 Å². The Balaban J connectivity index is 2.19. The number of rotatable bonds is 4. The molecule has 3 nitrogen and oxygen atoms in total. The molecule has 0 bridgehead atoms. The number of anilines is 2. The summed E-state index contributed by atoms with van der Waals surface area (Å²) in [7, 11) is 6.38. The highest BCUT2D eigenvalue weighted by molar-refractivity contribution is 6.33. The van der Waals surface area contributed by atoms with E-state index in [4.69, 9.17) is 17.3 Å². The Morgan fingerprint density at radius 1 is 1.28 bits per heavy atom. The lowest BCUT2D eigenvalue weighted by Gasteiger charge is -2.49. The van der Waals surface area contributed by atoms with E-state index in [1.54, 1.807) is 0 Å². The fourth-order valence-corrected chi connectivity index (χ4v) is 3.11. The van der Waals surface area contributed by atoms with Gasteiger partial charge in [-0.05, 0) is 45.5 Å². The van der Waals surface area contributed by atoms with Gasteiger partial charge < -0.3 is 15.5 Å². The zero-order valence-electron chi connectivity index (χ0n) is 11.4. The molecule has 0 spiro atoms. The molecule has 0 heterocycles. The largest absolute Gasteiger partial charge is 0.397 e. The number of benzene rings is 1. The Morgan fingerprint density at radius 3 is 2.39 bits per heavy atom. The molecule has 0 aliphatic heterocycles. The average molecular weight is 268 g/mol. The van der Waals surface area contributed by atoms with Gasteiger partial charge in [-0.3, -0.25) is 0 Å². The number of nitrogens with two attached hydrogens (primary N) is 1. The third-order valence-electron chi connectivity index (χ3n) is 4.16. The number of nitrogens with zero attached hydrogens (tertiary/aromatic N) is 2. The molecule has 1 aliphatic carbocycles. The van der Waals surface area contributed by atoms with Crippen LogP contribution in [-0.2, 0) is 0 Å². The highest BCUT2D eigenvalue weighted by atomic mass is 35.5. The first-order chi connectivity index (χ1) is 8.46. The van der Waals surface area contributed by atoms with E-state index in [0.29, 0.717) is 0 Å². The number of nitrogen functional groups attached to an aromatic ring is 1. The molecule has 2 rings (SSSR count). The van der Waals surface area contributed by atoms with Crippen molar-refractivity contribution in [2.24, 2.45) is 0 Å². The molecule has 2 N–H and O–H groups in total. The van der Waals surface area contributed by atoms with E-state index in [9.17, 15) is 0 Å². The SMILES string of the molecule is CN(CC1(N(C)C)CCC1)c1c(N)cccc1Cl. The fourth-order valence-electron chi connectivity index (χ4n) is 2.79. The van der Waals surface area contributed by atoms with E-state index in [0.717, 1.165) is 22.9 Å². The molecule has 1 aromatic carbocycles. The quantitative estimate of drug-likeness (QED) is 0.852. The summed E-state index contributed by atoms with van der Waals surface area (Å²) >= 11 is 6.26. The molecule has 0 unspecified atom stereocenters. The van der Waals surface area contributed by atoms with Crippen molar-refractivity contribution in [3.8, 4) is 0 Å². The highest BCUT2D eigenvalue weighted by Gasteiger charge is 2.40. The van der Waals surface area contributed by atoms with Crippen LogP contribution in [0.5, 0.6) is 0 Å². The van der Waals surface area contributed by atoms with Crippen LogP contribution >= 0.6 is 11.6 Å². The molecule has 18 heavy (non-hydrogen) atoms. The van der Waals surface area contributed by atoms with Crippen LogP contribution in [0, 0.1) is 0 Å². The summed E-state index contributed by atoms with van der Waals surface area (Å²) in [6.07, 6.45) is 3.80. The first kappa shape index (κ1) is 13.5. The van der Waals surface area contributed by atoms with Crippen LogP contribution < -0.4 is 10.6 Å². The van der Waals surface area contributed by atoms with Crippen LogP contribution in [0.25, 0.3) is 0 Å². The summed E-state index contributed by atoms with van der Waals surface area (Å²) in [4.78, 5) is 4.52. The fraction of sp³-hybridized carbons (Fsp3) is 0.571. The van der Waals surface area contributed by atoms with Crippen LogP contribution in [0.1, 0.15) is 19.3 Å². The topological polar surface area (TPSA) is 32.5 Å². The van der Waals surface area contributed by atoms with Gasteiger partial charge in [0.2, 0.25) is 0 Å². The van der Waals surface area contributed by atoms with Crippen molar-refractivity contribution in [2.75, 3.05) is 38.3 Å². The van der Waals surface area contributed by atoms with Gasteiger partial charge in [0.25, 0.3) is 0 Å². The van der Waals surface area contributed by atoms with Gasteiger partial charge in [-0.2, -0.15) is 0 Å². The predicted octanol–water partition coefficient (Wildman–Crippen LogP) is 2.84. The average Bonchev–Trinajstić information content (AvgIpc) is 2.22. The molecular weight excluding hydrogens is 246 g/mol. The summed E-state index contributed by atoms with van der Waals surface area (Å²) in [5.74, 6) is 0. The lowest BCUT2D eigenvalue weighted by atomic mass is 9.75. The first-order valence-corrected chi connectivity index (χ1v) is 6.77. The second-order valence-corrected chi connectivity index (χ2v) is 5.91. The van der Waals surface area contributed by atoms with Gasteiger partial charge in [-0.15, -0.1) is 0 Å². The van der Waals surface area contributed by atoms with Gasteiger partial charge in [0.1, 0.15) is 0 Å². The number of hydrogen-bond donors (Lipinski definition) is 1. The monoisotopic (exact) mass is 267 g/mol. The van der Waals surface area contributed by atoms with Crippen LogP contribution in [0.4, 0.5) is 11.4 Å². The maximum absolute atomic E-state index is 6.26. The molecule has 4 heteroatoms. The Morgan fingerprint density at radius 2 is 1.94 bits per heavy atom. The van der Waals surface area contributed by atoms with Crippen molar-refractivity contribution >= 4 is 23.0 Å². The van der Waals surface area contributed by atoms with Gasteiger partial charge in [0.05, 0.1) is 16.4 Å². The molecule has 100 valence electrons. The van der Waals surface area contributed by atoms with Crippen LogP contribution in [0.2, 0.25) is 5.02 Å². The van der Waals surface area contributed by atoms with E-state index >= 15 is 0 Å². The second-order valence-electron chi connectivity index (χ2n) is 5.51. The Hall–Kier alpha value is -0.930. The van der Waals surface area contributed by atoms with Crippen molar-refractivity contribution in [1.29, 1.82) is 0 Å². The van der Waals surface area contributed by atoms with Gasteiger partial charge in [0, 0.05) is 19.1 Å². The van der Waals surface area contributed by atoms with Crippen LogP contribution in [0.3, 0.4) is 0 Å². The molecule has 0 saturated heterocycles. The molecule has 0 amide bonds. The lowest BCUT2D eigenvalue weighted by molar-refractivity contribution is 0.0683. The van der Waals surface area contributed by atoms with Gasteiger partial charge in [0.15, 0.2) is 0 Å². The predicted molar refractivity (Wildman–Crippen MR) is 79.4 cm³/mol. The molecule has 0 atom stereocenters. The van der Waals surface area contributed by atoms with Crippen molar-refractivity contribution < 1.29 is 0 Å². The molecule has 1 fully saturated rings. The summed E-state index contributed by atoms with van der Waals surface area (Å²) < 4.78 is 0. The molecule has 1 saturated carbocycles. The third kappa shape index (κ3) is 2.29. The van der Waals surface area contributed by atoms with Crippen molar-refractivity contribution in [3.05, 3.63) is 23.2 Å². The zero-order chi connectivity index (χ0) is 13.3. The minimum atomic E-state index is 0.278. The van der Waals surface area contributed by atoms with Crippen molar-refractivity contribution in [1.82, 2.24) is 4.90 Å². The summed E-state index contributed by atoms with van der Waals surface area (Å²) in [6, 6.07) is 5.69. The Labute approximate surface area is 115 Å². The minimum Gasteiger partial charge on any atom is -0.397 e. The summed E-state index contributed by atoms with van der Waals surface area (Å²) in [5, 5.41) is 0.728. The summed E-state index contributed by atoms with van der Waals surface area (Å²) in [6.45, 7) is 0.966. The number of halogens is 1. The smallest absolute Gasteiger partial charge is 0.0787 e. The van der Waals surface area contributed by atoms with Gasteiger partial charge in [-0.1, -0.05) is 17.7 Å². The Bertz CT molecular complexity index is 407. The zero-order valence-corrected chi connectivity index (χ0v) is 12.2. The lowest BCUT2D eigenvalue weighted by Crippen LogP contribution is -2.56. The van der Waals surface area contributed by atoms with Crippen LogP contribution in [0.15, 0.2) is 18.2 Å². The van der Waals surface area contributed by atoms with Crippen molar-refractivity contribution in [3.63, 3.8) is 0 Å². The number of para-hydroxylation sites is 1. The third-order valence-corrected chi connectivity index (χ3v) is 4.47. The normalized spacial score (nSPS) is 17.6. The number of likely N-dealkylation sites (N-methyl/N-ethyl adjacent to an activating group) is 2. The van der Waals surface area contributed by atoms with Crippen molar-refractivity contribution in [2.45, 2.75) is 24.8 Å². The molecule has 0 aromatic heterocycles. The number of hydrogen-bond acceptors (Lipinski definition) is 3. The van der Waals surface area contributed by atoms with E-state index in [1.807, 2.05) is 18.2 Å². The van der Waals surface area contributed by atoms with E-state index in [-0.39, 0.29) is 5.54 Å². The molecule has 1 aliphatic rings. The van der Waals surface area contributed by atoms with Crippen LogP contribution in [-0.4, -0.2) is 38.1 Å². The standard InChI is InChI=1S/C14H22ClN3/c1-17(2)14(8-5-9-14)10-18(3)13-11(15)6-4-7-12(13)16/h4,6-7H,5,8-10,16H2,1-3H3. The molecular formula is C14H22ClN3. The highest BCUT2D eigenvalue weighted by Crippen LogP contribution is 2.39. The second kappa shape index (κ2) is 4.98. The molecule has 1 aromatic rings. The molecule has 0 radical (unpaired) electrons. The maximum Gasteiger partial charge on any atom is 0.0787 e. The van der Waals surface area contributed by atoms with Gasteiger partial charge in [-0.25, -0.2) is 0 Å². The first-order valence-electron chi connectivity index (χ1n) is 6.39. The van der Waals surface area contributed by atoms with E-state index in [2.05, 4.69) is 30.9 Å². The minimum absolute atomic E-state index is 0.278. The summed E-state index contributed by atoms with van der Waals surface area (Å²) in [5.41, 5.74) is 8.01. The maximum atomic E-state index is 6.26. The Kier molecular flexibility index (Phi) is 3.74. The van der Waals surface area contributed by atoms with E-state index < -0.39 is 0 Å².